The lowest BCUT2D eigenvalue weighted by atomic mass is 10.3. The molecule has 0 fully saturated rings. The lowest BCUT2D eigenvalue weighted by molar-refractivity contribution is -0.137. The molecule has 1 aromatic rings. The van der Waals surface area contributed by atoms with Crippen LogP contribution in [0.1, 0.15) is 12.8 Å². The van der Waals surface area contributed by atoms with Crippen LogP contribution in [0.25, 0.3) is 0 Å². The van der Waals surface area contributed by atoms with E-state index in [1.165, 1.54) is 0 Å². The monoisotopic (exact) mass is 305 g/mol. The Morgan fingerprint density at radius 3 is 2.42 bits per heavy atom. The summed E-state index contributed by atoms with van der Waals surface area (Å²) in [5.74, 6) is -0.821. The summed E-state index contributed by atoms with van der Waals surface area (Å²) in [6.45, 7) is 0.120. The van der Waals surface area contributed by atoms with Crippen LogP contribution in [0.2, 0.25) is 10.0 Å². The maximum atomic E-state index is 11.4. The fourth-order valence-electron chi connectivity index (χ4n) is 1.28. The van der Waals surface area contributed by atoms with Gasteiger partial charge in [0.05, 0.1) is 0 Å². The summed E-state index contributed by atoms with van der Waals surface area (Å²) < 4.78 is 5.21. The topological polar surface area (TPSA) is 75.6 Å². The first kappa shape index (κ1) is 15.6. The second-order valence-corrected chi connectivity index (χ2v) is 4.61. The van der Waals surface area contributed by atoms with E-state index in [0.29, 0.717) is 28.8 Å². The van der Waals surface area contributed by atoms with Gasteiger partial charge in [-0.15, -0.1) is 0 Å². The highest BCUT2D eigenvalue weighted by atomic mass is 35.5. The molecule has 2 N–H and O–H groups in total. The molecule has 0 aliphatic heterocycles. The average Bonchev–Trinajstić information content (AvgIpc) is 2.31. The van der Waals surface area contributed by atoms with Gasteiger partial charge in [-0.3, -0.25) is 9.59 Å². The van der Waals surface area contributed by atoms with Crippen LogP contribution in [0.3, 0.4) is 0 Å². The Morgan fingerprint density at radius 1 is 1.21 bits per heavy atom. The van der Waals surface area contributed by atoms with Crippen LogP contribution in [0, 0.1) is 0 Å². The Morgan fingerprint density at radius 2 is 1.84 bits per heavy atom. The lowest BCUT2D eigenvalue weighted by Crippen LogP contribution is -2.29. The predicted octanol–water partition coefficient (Wildman–Crippen LogP) is 2.35. The first-order valence-electron chi connectivity index (χ1n) is 5.55. The number of aliphatic carboxylic acids is 1. The second kappa shape index (κ2) is 7.86. The van der Waals surface area contributed by atoms with Gasteiger partial charge in [0.25, 0.3) is 5.91 Å². The van der Waals surface area contributed by atoms with Crippen molar-refractivity contribution >= 4 is 35.1 Å². The van der Waals surface area contributed by atoms with Gasteiger partial charge in [-0.25, -0.2) is 0 Å². The molecule has 0 spiro atoms. The summed E-state index contributed by atoms with van der Waals surface area (Å²) in [5.41, 5.74) is 0. The van der Waals surface area contributed by atoms with E-state index in [-0.39, 0.29) is 18.9 Å². The molecule has 0 unspecified atom stereocenters. The van der Waals surface area contributed by atoms with E-state index in [9.17, 15) is 9.59 Å². The third-order valence-electron chi connectivity index (χ3n) is 2.10. The Bertz CT molecular complexity index is 445. The van der Waals surface area contributed by atoms with Gasteiger partial charge in [-0.2, -0.15) is 0 Å². The molecule has 0 heterocycles. The second-order valence-electron chi connectivity index (χ2n) is 3.74. The maximum Gasteiger partial charge on any atom is 0.303 e. The van der Waals surface area contributed by atoms with Gasteiger partial charge in [0.1, 0.15) is 5.75 Å². The summed E-state index contributed by atoms with van der Waals surface area (Å²) in [6.07, 6.45) is 0.398. The van der Waals surface area contributed by atoms with Crippen LogP contribution in [0.4, 0.5) is 0 Å². The van der Waals surface area contributed by atoms with Crippen LogP contribution in [-0.4, -0.2) is 30.1 Å². The largest absolute Gasteiger partial charge is 0.484 e. The van der Waals surface area contributed by atoms with Crippen molar-refractivity contribution in [1.82, 2.24) is 5.32 Å². The zero-order chi connectivity index (χ0) is 14.3. The molecule has 0 bridgehead atoms. The van der Waals surface area contributed by atoms with E-state index in [1.54, 1.807) is 18.2 Å². The molecule has 0 saturated carbocycles. The predicted molar refractivity (Wildman–Crippen MR) is 71.8 cm³/mol. The molecule has 5 nitrogen and oxygen atoms in total. The molecule has 0 saturated heterocycles. The number of carboxylic acids is 1. The fourth-order valence-corrected chi connectivity index (χ4v) is 1.79. The van der Waals surface area contributed by atoms with Crippen LogP contribution >= 0.6 is 23.2 Å². The maximum absolute atomic E-state index is 11.4. The summed E-state index contributed by atoms with van der Waals surface area (Å²) in [4.78, 5) is 21.6. The van der Waals surface area contributed by atoms with Gasteiger partial charge in [0, 0.05) is 23.0 Å². The van der Waals surface area contributed by atoms with Gasteiger partial charge in [-0.1, -0.05) is 23.2 Å². The van der Waals surface area contributed by atoms with Gasteiger partial charge in [0.15, 0.2) is 6.61 Å². The number of carbonyl (C=O) groups is 2. The van der Waals surface area contributed by atoms with Gasteiger partial charge < -0.3 is 15.2 Å². The standard InChI is InChI=1S/C12H13Cl2NO4/c13-8-4-9(14)6-10(5-8)19-7-11(16)15-3-1-2-12(17)18/h4-6H,1-3,7H2,(H,15,16)(H,17,18). The van der Waals surface area contributed by atoms with E-state index < -0.39 is 5.97 Å². The molecule has 1 amide bonds. The van der Waals surface area contributed by atoms with Crippen LogP contribution in [0.5, 0.6) is 5.75 Å². The SMILES string of the molecule is O=C(O)CCCNC(=O)COc1cc(Cl)cc(Cl)c1. The van der Waals surface area contributed by atoms with E-state index in [4.69, 9.17) is 33.0 Å². The van der Waals surface area contributed by atoms with E-state index in [1.807, 2.05) is 0 Å². The highest BCUT2D eigenvalue weighted by Crippen LogP contribution is 2.23. The van der Waals surface area contributed by atoms with Crippen molar-refractivity contribution < 1.29 is 19.4 Å². The van der Waals surface area contributed by atoms with E-state index in [2.05, 4.69) is 5.32 Å². The molecule has 104 valence electrons. The van der Waals surface area contributed by atoms with Gasteiger partial charge >= 0.3 is 5.97 Å². The number of hydrogen-bond acceptors (Lipinski definition) is 3. The number of carboxylic acid groups (broad SMARTS) is 1. The minimum atomic E-state index is -0.890. The minimum absolute atomic E-state index is 0.0189. The number of amides is 1. The molecule has 1 rings (SSSR count). The van der Waals surface area contributed by atoms with E-state index in [0.717, 1.165) is 0 Å². The zero-order valence-corrected chi connectivity index (χ0v) is 11.5. The number of hydrogen-bond donors (Lipinski definition) is 2. The number of carbonyl (C=O) groups excluding carboxylic acids is 1. The van der Waals surface area contributed by atoms with Crippen molar-refractivity contribution in [2.75, 3.05) is 13.2 Å². The molecule has 0 aliphatic rings. The smallest absolute Gasteiger partial charge is 0.303 e. The molecule has 1 aromatic carbocycles. The van der Waals surface area contributed by atoms with Crippen molar-refractivity contribution in [2.24, 2.45) is 0 Å². The summed E-state index contributed by atoms with van der Waals surface area (Å²) >= 11 is 11.6. The van der Waals surface area contributed by atoms with E-state index >= 15 is 0 Å². The number of ether oxygens (including phenoxy) is 1. The van der Waals surface area contributed by atoms with Gasteiger partial charge in [-0.05, 0) is 24.6 Å². The molecule has 0 aromatic heterocycles. The molecular formula is C12H13Cl2NO4. The van der Waals surface area contributed by atoms with Crippen molar-refractivity contribution in [1.29, 1.82) is 0 Å². The normalized spacial score (nSPS) is 10.0. The third-order valence-corrected chi connectivity index (χ3v) is 2.53. The summed E-state index contributed by atoms with van der Waals surface area (Å²) in [5, 5.41) is 11.8. The number of benzene rings is 1. The molecule has 0 aliphatic carbocycles. The fraction of sp³-hybridized carbons (Fsp3) is 0.333. The van der Waals surface area contributed by atoms with Crippen molar-refractivity contribution in [3.05, 3.63) is 28.2 Å². The number of rotatable bonds is 7. The Hall–Kier alpha value is -1.46. The van der Waals surface area contributed by atoms with Gasteiger partial charge in [0.2, 0.25) is 0 Å². The Balaban J connectivity index is 2.28. The van der Waals surface area contributed by atoms with Crippen LogP contribution < -0.4 is 10.1 Å². The molecular weight excluding hydrogens is 293 g/mol. The summed E-state index contributed by atoms with van der Waals surface area (Å²) in [6, 6.07) is 4.65. The minimum Gasteiger partial charge on any atom is -0.484 e. The molecule has 0 atom stereocenters. The van der Waals surface area contributed by atoms with Crippen LogP contribution in [0.15, 0.2) is 18.2 Å². The quantitative estimate of drug-likeness (QED) is 0.758. The first-order valence-corrected chi connectivity index (χ1v) is 6.30. The Kier molecular flexibility index (Phi) is 6.45. The highest BCUT2D eigenvalue weighted by Gasteiger charge is 2.04. The summed E-state index contributed by atoms with van der Waals surface area (Å²) in [7, 11) is 0. The molecule has 0 radical (unpaired) electrons. The van der Waals surface area contributed by atoms with Crippen LogP contribution in [-0.2, 0) is 9.59 Å². The van der Waals surface area contributed by atoms with Crippen molar-refractivity contribution in [2.45, 2.75) is 12.8 Å². The number of nitrogens with one attached hydrogen (secondary N) is 1. The Labute approximate surface area is 120 Å². The number of halogens is 2. The van der Waals surface area contributed by atoms with Crippen molar-refractivity contribution in [3.63, 3.8) is 0 Å². The molecule has 7 heteroatoms. The lowest BCUT2D eigenvalue weighted by Gasteiger charge is -2.07. The highest BCUT2D eigenvalue weighted by molar-refractivity contribution is 6.34. The molecule has 19 heavy (non-hydrogen) atoms. The first-order chi connectivity index (χ1) is 8.97. The third kappa shape index (κ3) is 6.88. The average molecular weight is 306 g/mol. The zero-order valence-electron chi connectivity index (χ0n) is 9.99. The van der Waals surface area contributed by atoms with Crippen molar-refractivity contribution in [3.8, 4) is 5.75 Å².